The topological polar surface area (TPSA) is 46.6 Å². The summed E-state index contributed by atoms with van der Waals surface area (Å²) in [6.45, 7) is 1.50. The Morgan fingerprint density at radius 3 is 2.37 bits per heavy atom. The number of carbonyl (C=O) groups is 2. The van der Waals surface area contributed by atoms with Gasteiger partial charge in [0, 0.05) is 16.3 Å². The Hall–Kier alpha value is -3.00. The van der Waals surface area contributed by atoms with Crippen molar-refractivity contribution >= 4 is 35.4 Å². The molecule has 1 amide bonds. The van der Waals surface area contributed by atoms with Crippen molar-refractivity contribution in [1.82, 2.24) is 0 Å². The minimum Gasteiger partial charge on any atom is -0.465 e. The minimum atomic E-state index is -4.56. The molecule has 0 saturated heterocycles. The third kappa shape index (κ3) is 4.14. The highest BCUT2D eigenvalue weighted by molar-refractivity contribution is 7.98. The van der Waals surface area contributed by atoms with Gasteiger partial charge in [0.05, 0.1) is 23.8 Å². The van der Waals surface area contributed by atoms with Crippen LogP contribution in [0.2, 0.25) is 0 Å². The Morgan fingerprint density at radius 2 is 1.80 bits per heavy atom. The van der Waals surface area contributed by atoms with Crippen molar-refractivity contribution < 1.29 is 27.5 Å². The summed E-state index contributed by atoms with van der Waals surface area (Å²) in [6.07, 6.45) is -1.09. The zero-order valence-corrected chi connectivity index (χ0v) is 17.2. The first kappa shape index (κ1) is 21.7. The smallest absolute Gasteiger partial charge is 0.416 e. The van der Waals surface area contributed by atoms with Crippen molar-refractivity contribution in [2.75, 3.05) is 18.3 Å². The van der Waals surface area contributed by atoms with Gasteiger partial charge in [-0.1, -0.05) is 18.2 Å². The summed E-state index contributed by atoms with van der Waals surface area (Å²) in [6, 6.07) is 11.7. The van der Waals surface area contributed by atoms with Crippen LogP contribution in [-0.4, -0.2) is 25.2 Å². The number of ether oxygens (including phenoxy) is 1. The number of amides is 1. The molecule has 0 spiro atoms. The van der Waals surface area contributed by atoms with Gasteiger partial charge in [-0.05, 0) is 55.2 Å². The number of halogens is 3. The Morgan fingerprint density at radius 1 is 1.13 bits per heavy atom. The summed E-state index contributed by atoms with van der Waals surface area (Å²) in [7, 11) is 1.19. The largest absolute Gasteiger partial charge is 0.465 e. The lowest BCUT2D eigenvalue weighted by Crippen LogP contribution is -2.24. The third-order valence-electron chi connectivity index (χ3n) is 4.65. The van der Waals surface area contributed by atoms with E-state index >= 15 is 0 Å². The van der Waals surface area contributed by atoms with Crippen molar-refractivity contribution in [2.45, 2.75) is 18.0 Å². The van der Waals surface area contributed by atoms with Crippen molar-refractivity contribution in [1.29, 1.82) is 0 Å². The SMILES string of the molecule is COC(=O)C1=C(C)N(c2cccc(C(F)(F)F)c2)C(=O)C1=Cc1ccc(SC)cc1. The number of allylic oxidation sites excluding steroid dienone is 1. The fourth-order valence-electron chi connectivity index (χ4n) is 3.18. The molecule has 0 fully saturated rings. The highest BCUT2D eigenvalue weighted by atomic mass is 32.2. The van der Waals surface area contributed by atoms with Gasteiger partial charge in [-0.3, -0.25) is 9.69 Å². The van der Waals surface area contributed by atoms with Crippen LogP contribution >= 0.6 is 11.8 Å². The summed E-state index contributed by atoms with van der Waals surface area (Å²) >= 11 is 1.56. The molecule has 1 aliphatic heterocycles. The average molecular weight is 433 g/mol. The molecule has 156 valence electrons. The van der Waals surface area contributed by atoms with E-state index < -0.39 is 23.6 Å². The zero-order valence-electron chi connectivity index (χ0n) is 16.4. The predicted molar refractivity (Wildman–Crippen MR) is 110 cm³/mol. The summed E-state index contributed by atoms with van der Waals surface area (Å²) in [5.41, 5.74) is 0.108. The second-order valence-corrected chi connectivity index (χ2v) is 7.35. The lowest BCUT2D eigenvalue weighted by molar-refractivity contribution is -0.137. The summed E-state index contributed by atoms with van der Waals surface area (Å²) in [5, 5.41) is 0. The number of hydrogen-bond donors (Lipinski definition) is 0. The van der Waals surface area contributed by atoms with Gasteiger partial charge in [0.25, 0.3) is 5.91 Å². The highest BCUT2D eigenvalue weighted by Gasteiger charge is 2.39. The van der Waals surface area contributed by atoms with Crippen LogP contribution in [0.4, 0.5) is 18.9 Å². The van der Waals surface area contributed by atoms with Gasteiger partial charge in [-0.15, -0.1) is 11.8 Å². The van der Waals surface area contributed by atoms with Crippen LogP contribution in [0.3, 0.4) is 0 Å². The van der Waals surface area contributed by atoms with Gasteiger partial charge in [0.1, 0.15) is 0 Å². The molecule has 1 heterocycles. The molecule has 0 bridgehead atoms. The van der Waals surface area contributed by atoms with E-state index in [4.69, 9.17) is 4.74 Å². The van der Waals surface area contributed by atoms with E-state index in [0.29, 0.717) is 5.56 Å². The van der Waals surface area contributed by atoms with E-state index in [1.165, 1.54) is 32.2 Å². The van der Waals surface area contributed by atoms with Crippen LogP contribution in [0.25, 0.3) is 6.08 Å². The standard InChI is InChI=1S/C22H18F3NO3S/c1-13-19(21(28)29-2)18(11-14-7-9-17(30-3)10-8-14)20(27)26(13)16-6-4-5-15(12-16)22(23,24)25/h4-12H,1-3H3. The number of benzene rings is 2. The van der Waals surface area contributed by atoms with Gasteiger partial charge < -0.3 is 4.74 Å². The lowest BCUT2D eigenvalue weighted by atomic mass is 10.0. The number of methoxy groups -OCH3 is 1. The third-order valence-corrected chi connectivity index (χ3v) is 5.39. The number of thioether (sulfide) groups is 1. The van der Waals surface area contributed by atoms with Crippen LogP contribution < -0.4 is 4.90 Å². The molecule has 0 radical (unpaired) electrons. The maximum absolute atomic E-state index is 13.2. The Bertz CT molecular complexity index is 1060. The van der Waals surface area contributed by atoms with E-state index in [1.807, 2.05) is 18.4 Å². The Kier molecular flexibility index (Phi) is 6.07. The molecule has 8 heteroatoms. The number of carbonyl (C=O) groups excluding carboxylic acids is 2. The summed E-state index contributed by atoms with van der Waals surface area (Å²) in [5.74, 6) is -1.33. The molecule has 1 aliphatic rings. The molecule has 30 heavy (non-hydrogen) atoms. The van der Waals surface area contributed by atoms with E-state index in [9.17, 15) is 22.8 Å². The number of alkyl halides is 3. The average Bonchev–Trinajstić information content (AvgIpc) is 2.97. The monoisotopic (exact) mass is 433 g/mol. The van der Waals surface area contributed by atoms with Crippen LogP contribution in [0, 0.1) is 0 Å². The molecule has 0 unspecified atom stereocenters. The fraction of sp³-hybridized carbons (Fsp3) is 0.182. The van der Waals surface area contributed by atoms with Crippen LogP contribution in [0.5, 0.6) is 0 Å². The van der Waals surface area contributed by atoms with Gasteiger partial charge >= 0.3 is 12.1 Å². The lowest BCUT2D eigenvalue weighted by Gasteiger charge is -2.19. The van der Waals surface area contributed by atoms with Crippen molar-refractivity contribution in [3.8, 4) is 0 Å². The first-order valence-electron chi connectivity index (χ1n) is 8.84. The highest BCUT2D eigenvalue weighted by Crippen LogP contribution is 2.38. The molecule has 0 saturated carbocycles. The van der Waals surface area contributed by atoms with Crippen molar-refractivity contribution in [2.24, 2.45) is 0 Å². The molecular formula is C22H18F3NO3S. The summed E-state index contributed by atoms with van der Waals surface area (Å²) < 4.78 is 44.2. The second-order valence-electron chi connectivity index (χ2n) is 6.47. The van der Waals surface area contributed by atoms with E-state index in [1.54, 1.807) is 23.9 Å². The minimum absolute atomic E-state index is 0.0221. The fourth-order valence-corrected chi connectivity index (χ4v) is 3.59. The Balaban J connectivity index is 2.11. The van der Waals surface area contributed by atoms with Crippen LogP contribution in [0.1, 0.15) is 18.1 Å². The molecule has 4 nitrogen and oxygen atoms in total. The number of hydrogen-bond acceptors (Lipinski definition) is 4. The number of nitrogens with zero attached hydrogens (tertiary/aromatic N) is 1. The first-order valence-corrected chi connectivity index (χ1v) is 10.1. The van der Waals surface area contributed by atoms with Gasteiger partial charge in [-0.25, -0.2) is 4.79 Å². The number of esters is 1. The molecule has 2 aromatic carbocycles. The number of anilines is 1. The maximum atomic E-state index is 13.2. The summed E-state index contributed by atoms with van der Waals surface area (Å²) in [4.78, 5) is 27.7. The zero-order chi connectivity index (χ0) is 22.1. The van der Waals surface area contributed by atoms with Crippen molar-refractivity contribution in [3.05, 3.63) is 76.5 Å². The maximum Gasteiger partial charge on any atom is 0.416 e. The molecular weight excluding hydrogens is 415 g/mol. The van der Waals surface area contributed by atoms with Gasteiger partial charge in [-0.2, -0.15) is 13.2 Å². The molecule has 0 aliphatic carbocycles. The van der Waals surface area contributed by atoms with Crippen molar-refractivity contribution in [3.63, 3.8) is 0 Å². The quantitative estimate of drug-likeness (QED) is 0.373. The normalized spacial score (nSPS) is 15.9. The van der Waals surface area contributed by atoms with Crippen LogP contribution in [0.15, 0.2) is 70.3 Å². The first-order chi connectivity index (χ1) is 14.2. The van der Waals surface area contributed by atoms with E-state index in [0.717, 1.165) is 21.9 Å². The van der Waals surface area contributed by atoms with Gasteiger partial charge in [0.15, 0.2) is 0 Å². The molecule has 0 atom stereocenters. The molecule has 3 rings (SSSR count). The predicted octanol–water partition coefficient (Wildman–Crippen LogP) is 5.30. The molecule has 0 aromatic heterocycles. The molecule has 0 N–H and O–H groups in total. The Labute approximate surface area is 176 Å². The second kappa shape index (κ2) is 8.39. The molecule has 2 aromatic rings. The van der Waals surface area contributed by atoms with Gasteiger partial charge in [0.2, 0.25) is 0 Å². The number of rotatable bonds is 4. The van der Waals surface area contributed by atoms with E-state index in [2.05, 4.69) is 0 Å². The van der Waals surface area contributed by atoms with Crippen LogP contribution in [-0.2, 0) is 20.5 Å². The van der Waals surface area contributed by atoms with E-state index in [-0.39, 0.29) is 22.5 Å².